The van der Waals surface area contributed by atoms with Crippen LogP contribution in [0.25, 0.3) is 10.9 Å². The lowest BCUT2D eigenvalue weighted by atomic mass is 9.85. The second-order valence-electron chi connectivity index (χ2n) is 5.88. The fourth-order valence-electron chi connectivity index (χ4n) is 3.13. The van der Waals surface area contributed by atoms with E-state index in [-0.39, 0.29) is 0 Å². The molecule has 2 aromatic rings. The maximum Gasteiger partial charge on any atom is 0.0771 e. The Hall–Kier alpha value is -1.45. The summed E-state index contributed by atoms with van der Waals surface area (Å²) in [6.07, 6.45) is 7.27. The number of benzene rings is 1. The van der Waals surface area contributed by atoms with Crippen LogP contribution >= 0.6 is 0 Å². The second-order valence-corrected chi connectivity index (χ2v) is 5.88. The molecule has 3 nitrogen and oxygen atoms in total. The zero-order valence-corrected chi connectivity index (χ0v) is 11.8. The van der Waals surface area contributed by atoms with Gasteiger partial charge in [0.15, 0.2) is 0 Å². The van der Waals surface area contributed by atoms with Crippen LogP contribution in [-0.4, -0.2) is 22.2 Å². The third-order valence-corrected chi connectivity index (χ3v) is 4.29. The molecular formula is C17H22N2O. The first-order chi connectivity index (χ1) is 9.77. The average molecular weight is 270 g/mol. The Balaban J connectivity index is 1.65. The molecule has 1 aromatic heterocycles. The lowest BCUT2D eigenvalue weighted by Crippen LogP contribution is -2.41. The van der Waals surface area contributed by atoms with Crippen LogP contribution in [0.4, 0.5) is 0 Å². The van der Waals surface area contributed by atoms with Gasteiger partial charge in [-0.2, -0.15) is 0 Å². The van der Waals surface area contributed by atoms with Gasteiger partial charge in [-0.05, 0) is 30.5 Å². The van der Waals surface area contributed by atoms with Crippen LogP contribution < -0.4 is 5.32 Å². The Labute approximate surface area is 120 Å². The highest BCUT2D eigenvalue weighted by molar-refractivity contribution is 5.81. The van der Waals surface area contributed by atoms with Gasteiger partial charge in [0.25, 0.3) is 0 Å². The molecule has 3 heteroatoms. The molecule has 1 fully saturated rings. The minimum absolute atomic E-state index is 0.499. The van der Waals surface area contributed by atoms with E-state index in [0.717, 1.165) is 37.7 Å². The summed E-state index contributed by atoms with van der Waals surface area (Å²) in [5.74, 6) is 0. The molecule has 0 radical (unpaired) electrons. The van der Waals surface area contributed by atoms with Gasteiger partial charge in [0.05, 0.1) is 11.1 Å². The summed E-state index contributed by atoms with van der Waals surface area (Å²) in [5, 5.41) is 15.1. The maximum absolute atomic E-state index is 10.5. The first-order valence-electron chi connectivity index (χ1n) is 7.53. The zero-order valence-electron chi connectivity index (χ0n) is 11.8. The van der Waals surface area contributed by atoms with Crippen molar-refractivity contribution in [2.75, 3.05) is 6.54 Å². The molecule has 0 atom stereocenters. The summed E-state index contributed by atoms with van der Waals surface area (Å²) in [7, 11) is 0. The lowest BCUT2D eigenvalue weighted by Gasteiger charge is -2.32. The molecule has 0 spiro atoms. The molecule has 2 N–H and O–H groups in total. The Morgan fingerprint density at radius 1 is 1.10 bits per heavy atom. The molecule has 20 heavy (non-hydrogen) atoms. The van der Waals surface area contributed by atoms with Crippen molar-refractivity contribution in [1.82, 2.24) is 10.3 Å². The normalized spacial score (nSPS) is 18.2. The SMILES string of the molecule is OC1(CNCc2ccnc3ccccc23)CCCCC1. The van der Waals surface area contributed by atoms with Gasteiger partial charge in [0, 0.05) is 24.7 Å². The standard InChI is InChI=1S/C17H22N2O/c20-17(9-4-1-5-10-17)13-18-12-14-8-11-19-16-7-3-2-6-15(14)16/h2-3,6-8,11,18,20H,1,4-5,9-10,12-13H2. The van der Waals surface area contributed by atoms with E-state index in [9.17, 15) is 5.11 Å². The minimum Gasteiger partial charge on any atom is -0.389 e. The molecule has 0 amide bonds. The number of hydrogen-bond donors (Lipinski definition) is 2. The molecule has 1 aliphatic carbocycles. The first kappa shape index (κ1) is 13.5. The molecular weight excluding hydrogens is 248 g/mol. The summed E-state index contributed by atoms with van der Waals surface area (Å²) >= 11 is 0. The third kappa shape index (κ3) is 3.00. The molecule has 0 saturated heterocycles. The molecule has 1 aliphatic rings. The Kier molecular flexibility index (Phi) is 3.99. The number of fused-ring (bicyclic) bond motifs is 1. The van der Waals surface area contributed by atoms with E-state index < -0.39 is 5.60 Å². The van der Waals surface area contributed by atoms with Crippen LogP contribution in [0.3, 0.4) is 0 Å². The number of hydrogen-bond acceptors (Lipinski definition) is 3. The minimum atomic E-state index is -0.499. The van der Waals surface area contributed by atoms with Crippen LogP contribution in [0.15, 0.2) is 36.5 Å². The van der Waals surface area contributed by atoms with Crippen molar-refractivity contribution in [3.63, 3.8) is 0 Å². The molecule has 106 valence electrons. The smallest absolute Gasteiger partial charge is 0.0771 e. The highest BCUT2D eigenvalue weighted by Gasteiger charge is 2.28. The fraction of sp³-hybridized carbons (Fsp3) is 0.471. The van der Waals surface area contributed by atoms with Gasteiger partial charge in [-0.15, -0.1) is 0 Å². The third-order valence-electron chi connectivity index (χ3n) is 4.29. The van der Waals surface area contributed by atoms with Gasteiger partial charge < -0.3 is 10.4 Å². The highest BCUT2D eigenvalue weighted by Crippen LogP contribution is 2.27. The summed E-state index contributed by atoms with van der Waals surface area (Å²) in [6.45, 7) is 1.47. The topological polar surface area (TPSA) is 45.1 Å². The van der Waals surface area contributed by atoms with Gasteiger partial charge in [-0.3, -0.25) is 4.98 Å². The summed E-state index contributed by atoms with van der Waals surface area (Å²) in [6, 6.07) is 10.3. The molecule has 1 saturated carbocycles. The van der Waals surface area contributed by atoms with Crippen molar-refractivity contribution in [3.8, 4) is 0 Å². The van der Waals surface area contributed by atoms with Crippen molar-refractivity contribution < 1.29 is 5.11 Å². The monoisotopic (exact) mass is 270 g/mol. The van der Waals surface area contributed by atoms with Crippen LogP contribution in [0.5, 0.6) is 0 Å². The van der Waals surface area contributed by atoms with Crippen molar-refractivity contribution in [2.24, 2.45) is 0 Å². The van der Waals surface area contributed by atoms with Crippen molar-refractivity contribution in [3.05, 3.63) is 42.1 Å². The molecule has 1 heterocycles. The van der Waals surface area contributed by atoms with E-state index in [1.54, 1.807) is 0 Å². The van der Waals surface area contributed by atoms with Gasteiger partial charge in [0.1, 0.15) is 0 Å². The Morgan fingerprint density at radius 2 is 1.90 bits per heavy atom. The van der Waals surface area contributed by atoms with Gasteiger partial charge >= 0.3 is 0 Å². The predicted octanol–water partition coefficient (Wildman–Crippen LogP) is 3.02. The summed E-state index contributed by atoms with van der Waals surface area (Å²) < 4.78 is 0. The number of aromatic nitrogens is 1. The van der Waals surface area contributed by atoms with Crippen LogP contribution in [0.2, 0.25) is 0 Å². The number of aliphatic hydroxyl groups is 1. The number of para-hydroxylation sites is 1. The molecule has 1 aromatic carbocycles. The van der Waals surface area contributed by atoms with Gasteiger partial charge in [-0.25, -0.2) is 0 Å². The molecule has 3 rings (SSSR count). The highest BCUT2D eigenvalue weighted by atomic mass is 16.3. The zero-order chi connectivity index (χ0) is 13.8. The van der Waals surface area contributed by atoms with Crippen LogP contribution in [-0.2, 0) is 6.54 Å². The van der Waals surface area contributed by atoms with E-state index in [4.69, 9.17) is 0 Å². The van der Waals surface area contributed by atoms with Gasteiger partial charge in [-0.1, -0.05) is 37.5 Å². The van der Waals surface area contributed by atoms with E-state index in [1.165, 1.54) is 17.4 Å². The number of pyridine rings is 1. The Morgan fingerprint density at radius 3 is 2.75 bits per heavy atom. The molecule has 0 aliphatic heterocycles. The van der Waals surface area contributed by atoms with E-state index in [1.807, 2.05) is 24.4 Å². The van der Waals surface area contributed by atoms with Crippen molar-refractivity contribution in [1.29, 1.82) is 0 Å². The summed E-state index contributed by atoms with van der Waals surface area (Å²) in [5.41, 5.74) is 1.78. The summed E-state index contributed by atoms with van der Waals surface area (Å²) in [4.78, 5) is 4.38. The Bertz CT molecular complexity index is 571. The van der Waals surface area contributed by atoms with Crippen LogP contribution in [0.1, 0.15) is 37.7 Å². The van der Waals surface area contributed by atoms with Crippen LogP contribution in [0, 0.1) is 0 Å². The number of rotatable bonds is 4. The van der Waals surface area contributed by atoms with Gasteiger partial charge in [0.2, 0.25) is 0 Å². The van der Waals surface area contributed by atoms with Crippen molar-refractivity contribution >= 4 is 10.9 Å². The molecule has 0 unspecified atom stereocenters. The number of nitrogens with zero attached hydrogens (tertiary/aromatic N) is 1. The fourth-order valence-corrected chi connectivity index (χ4v) is 3.13. The second kappa shape index (κ2) is 5.90. The lowest BCUT2D eigenvalue weighted by molar-refractivity contribution is 0.00469. The predicted molar refractivity (Wildman–Crippen MR) is 81.5 cm³/mol. The van der Waals surface area contributed by atoms with Crippen molar-refractivity contribution in [2.45, 2.75) is 44.2 Å². The van der Waals surface area contributed by atoms with E-state index in [2.05, 4.69) is 22.4 Å². The maximum atomic E-state index is 10.5. The van der Waals surface area contributed by atoms with E-state index in [0.29, 0.717) is 6.54 Å². The largest absolute Gasteiger partial charge is 0.389 e. The van der Waals surface area contributed by atoms with E-state index >= 15 is 0 Å². The molecule has 0 bridgehead atoms. The number of nitrogens with one attached hydrogen (secondary N) is 1. The first-order valence-corrected chi connectivity index (χ1v) is 7.53. The quantitative estimate of drug-likeness (QED) is 0.897. The average Bonchev–Trinajstić information content (AvgIpc) is 2.48.